The largest absolute Gasteiger partial charge is 0.462 e. The monoisotopic (exact) mass is 242 g/mol. The van der Waals surface area contributed by atoms with Crippen LogP contribution in [-0.4, -0.2) is 23.8 Å². The Labute approximate surface area is 104 Å². The lowest BCUT2D eigenvalue weighted by atomic mass is 10.2. The third-order valence-corrected chi connectivity index (χ3v) is 1.91. The second-order valence-corrected chi connectivity index (χ2v) is 3.11. The second kappa shape index (κ2) is 6.77. The second-order valence-electron chi connectivity index (χ2n) is 3.11. The molecule has 1 aromatic rings. The van der Waals surface area contributed by atoms with Crippen molar-refractivity contribution in [3.05, 3.63) is 23.9 Å². The number of ether oxygens (including phenoxy) is 1. The number of carbonyl (C=O) groups is 1. The van der Waals surface area contributed by atoms with E-state index >= 15 is 0 Å². The van der Waals surface area contributed by atoms with Gasteiger partial charge in [-0.05, 0) is 19.1 Å². The summed E-state index contributed by atoms with van der Waals surface area (Å²) in [6.07, 6.45) is 2.61. The van der Waals surface area contributed by atoms with Gasteiger partial charge in [-0.3, -0.25) is 0 Å². The zero-order valence-electron chi connectivity index (χ0n) is 9.70. The standard InChI is InChI=1S/C12H10N4O2/c1-2-18-12(17)10-4-3-5-15-11(10)16-8-9(6-13)7-14/h3-5,8-9H,2H2,1H3. The van der Waals surface area contributed by atoms with E-state index in [0.717, 1.165) is 6.21 Å². The van der Waals surface area contributed by atoms with Crippen molar-refractivity contribution in [1.29, 1.82) is 10.5 Å². The fourth-order valence-electron chi connectivity index (χ4n) is 1.11. The summed E-state index contributed by atoms with van der Waals surface area (Å²) in [5.41, 5.74) is 0.199. The van der Waals surface area contributed by atoms with Gasteiger partial charge >= 0.3 is 5.97 Å². The maximum atomic E-state index is 11.6. The average Bonchev–Trinajstić information content (AvgIpc) is 2.40. The van der Waals surface area contributed by atoms with Crippen LogP contribution >= 0.6 is 0 Å². The highest BCUT2D eigenvalue weighted by Crippen LogP contribution is 2.16. The van der Waals surface area contributed by atoms with E-state index < -0.39 is 11.9 Å². The topological polar surface area (TPSA) is 99.1 Å². The molecule has 90 valence electrons. The minimum atomic E-state index is -0.970. The number of pyridine rings is 1. The predicted octanol–water partition coefficient (Wildman–Crippen LogP) is 1.62. The lowest BCUT2D eigenvalue weighted by molar-refractivity contribution is 0.0527. The number of carbonyl (C=O) groups excluding carboxylic acids is 1. The van der Waals surface area contributed by atoms with Gasteiger partial charge in [-0.1, -0.05) is 0 Å². The smallest absolute Gasteiger partial charge is 0.341 e. The van der Waals surface area contributed by atoms with E-state index in [-0.39, 0.29) is 18.0 Å². The zero-order valence-corrected chi connectivity index (χ0v) is 9.70. The first-order valence-corrected chi connectivity index (χ1v) is 5.18. The Hall–Kier alpha value is -2.73. The van der Waals surface area contributed by atoms with Gasteiger partial charge in [0.25, 0.3) is 0 Å². The Morgan fingerprint density at radius 1 is 1.61 bits per heavy atom. The molecule has 0 aliphatic heterocycles. The number of esters is 1. The van der Waals surface area contributed by atoms with Crippen LogP contribution in [0.15, 0.2) is 23.3 Å². The third kappa shape index (κ3) is 3.39. The van der Waals surface area contributed by atoms with Gasteiger partial charge in [0.15, 0.2) is 11.7 Å². The molecule has 1 heterocycles. The van der Waals surface area contributed by atoms with E-state index in [4.69, 9.17) is 15.3 Å². The number of nitriles is 2. The van der Waals surface area contributed by atoms with Gasteiger partial charge in [0.1, 0.15) is 5.56 Å². The maximum Gasteiger partial charge on any atom is 0.341 e. The van der Waals surface area contributed by atoms with Gasteiger partial charge in [-0.2, -0.15) is 10.5 Å². The Morgan fingerprint density at radius 3 is 2.94 bits per heavy atom. The molecular formula is C12H10N4O2. The maximum absolute atomic E-state index is 11.6. The van der Waals surface area contributed by atoms with Gasteiger partial charge in [-0.25, -0.2) is 14.8 Å². The zero-order chi connectivity index (χ0) is 13.4. The van der Waals surface area contributed by atoms with Gasteiger partial charge < -0.3 is 4.74 Å². The van der Waals surface area contributed by atoms with Crippen LogP contribution in [0, 0.1) is 28.6 Å². The van der Waals surface area contributed by atoms with E-state index in [2.05, 4.69) is 9.98 Å². The number of aromatic nitrogens is 1. The molecule has 0 atom stereocenters. The molecule has 6 heteroatoms. The van der Waals surface area contributed by atoms with Crippen LogP contribution in [0.5, 0.6) is 0 Å². The van der Waals surface area contributed by atoms with Crippen LogP contribution in [0.2, 0.25) is 0 Å². The van der Waals surface area contributed by atoms with Crippen molar-refractivity contribution in [2.45, 2.75) is 6.92 Å². The first kappa shape index (κ1) is 13.3. The molecule has 1 aromatic heterocycles. The molecule has 1 rings (SSSR count). The van der Waals surface area contributed by atoms with Crippen LogP contribution in [-0.2, 0) is 4.74 Å². The number of aliphatic imine (C=N–C) groups is 1. The molecule has 0 radical (unpaired) electrons. The highest BCUT2D eigenvalue weighted by atomic mass is 16.5. The van der Waals surface area contributed by atoms with Crippen molar-refractivity contribution in [2.24, 2.45) is 10.9 Å². The Morgan fingerprint density at radius 2 is 2.33 bits per heavy atom. The lowest BCUT2D eigenvalue weighted by Crippen LogP contribution is -2.05. The molecule has 0 unspecified atom stereocenters. The first-order valence-electron chi connectivity index (χ1n) is 5.18. The highest BCUT2D eigenvalue weighted by Gasteiger charge is 2.12. The molecule has 0 aliphatic rings. The molecule has 0 aliphatic carbocycles. The van der Waals surface area contributed by atoms with Crippen molar-refractivity contribution in [3.8, 4) is 12.1 Å². The molecule has 0 bridgehead atoms. The molecule has 0 aromatic carbocycles. The highest BCUT2D eigenvalue weighted by molar-refractivity contribution is 5.94. The number of hydrogen-bond acceptors (Lipinski definition) is 6. The summed E-state index contributed by atoms with van der Waals surface area (Å²) in [7, 11) is 0. The number of rotatable bonds is 4. The number of hydrogen-bond donors (Lipinski definition) is 0. The van der Waals surface area contributed by atoms with Crippen LogP contribution < -0.4 is 0 Å². The Kier molecular flexibility index (Phi) is 5.01. The van der Waals surface area contributed by atoms with Gasteiger partial charge in [-0.15, -0.1) is 0 Å². The van der Waals surface area contributed by atoms with Crippen LogP contribution in [0.4, 0.5) is 5.82 Å². The molecule has 0 N–H and O–H groups in total. The summed E-state index contributed by atoms with van der Waals surface area (Å²) in [5, 5.41) is 17.2. The Bertz CT molecular complexity index is 526. The van der Waals surface area contributed by atoms with Crippen molar-refractivity contribution in [2.75, 3.05) is 6.61 Å². The fraction of sp³-hybridized carbons (Fsp3) is 0.250. The summed E-state index contributed by atoms with van der Waals surface area (Å²) in [4.78, 5) is 19.4. The minimum Gasteiger partial charge on any atom is -0.462 e. The van der Waals surface area contributed by atoms with E-state index in [9.17, 15) is 4.79 Å². The summed E-state index contributed by atoms with van der Waals surface area (Å²) in [6.45, 7) is 1.94. The van der Waals surface area contributed by atoms with E-state index in [1.54, 1.807) is 25.1 Å². The van der Waals surface area contributed by atoms with E-state index in [0.29, 0.717) is 0 Å². The summed E-state index contributed by atoms with van der Waals surface area (Å²) in [6, 6.07) is 6.58. The molecular weight excluding hydrogens is 232 g/mol. The van der Waals surface area contributed by atoms with Crippen molar-refractivity contribution in [3.63, 3.8) is 0 Å². The predicted molar refractivity (Wildman–Crippen MR) is 63.1 cm³/mol. The quantitative estimate of drug-likeness (QED) is 0.590. The summed E-state index contributed by atoms with van der Waals surface area (Å²) < 4.78 is 4.85. The number of nitrogens with zero attached hydrogens (tertiary/aromatic N) is 4. The summed E-state index contributed by atoms with van der Waals surface area (Å²) >= 11 is 0. The SMILES string of the molecule is CCOC(=O)c1cccnc1N=CC(C#N)C#N. The van der Waals surface area contributed by atoms with Crippen molar-refractivity contribution < 1.29 is 9.53 Å². The molecule has 0 saturated carbocycles. The van der Waals surface area contributed by atoms with Crippen LogP contribution in [0.1, 0.15) is 17.3 Å². The van der Waals surface area contributed by atoms with E-state index in [1.807, 2.05) is 0 Å². The minimum absolute atomic E-state index is 0.131. The van der Waals surface area contributed by atoms with Gasteiger partial charge in [0.05, 0.1) is 18.7 Å². The van der Waals surface area contributed by atoms with Crippen molar-refractivity contribution in [1.82, 2.24) is 4.98 Å². The normalized spacial score (nSPS) is 10.0. The Balaban J connectivity index is 3.00. The molecule has 0 fully saturated rings. The van der Waals surface area contributed by atoms with Crippen LogP contribution in [0.25, 0.3) is 0 Å². The van der Waals surface area contributed by atoms with E-state index in [1.165, 1.54) is 12.3 Å². The van der Waals surface area contributed by atoms with Gasteiger partial charge in [0.2, 0.25) is 0 Å². The average molecular weight is 242 g/mol. The molecule has 0 spiro atoms. The molecule has 18 heavy (non-hydrogen) atoms. The van der Waals surface area contributed by atoms with Crippen molar-refractivity contribution >= 4 is 18.0 Å². The lowest BCUT2D eigenvalue weighted by Gasteiger charge is -2.03. The summed E-state index contributed by atoms with van der Waals surface area (Å²) in [5.74, 6) is -1.38. The van der Waals surface area contributed by atoms with Gasteiger partial charge in [0, 0.05) is 12.4 Å². The molecule has 0 saturated heterocycles. The molecule has 6 nitrogen and oxygen atoms in total. The van der Waals surface area contributed by atoms with Crippen LogP contribution in [0.3, 0.4) is 0 Å². The molecule has 0 amide bonds. The third-order valence-electron chi connectivity index (χ3n) is 1.91. The first-order chi connectivity index (χ1) is 8.72. The fourth-order valence-corrected chi connectivity index (χ4v) is 1.11.